The topological polar surface area (TPSA) is 165 Å². The molecule has 0 saturated carbocycles. The van der Waals surface area contributed by atoms with E-state index in [4.69, 9.17) is 10.5 Å². The van der Waals surface area contributed by atoms with Gasteiger partial charge >= 0.3 is 5.69 Å². The minimum Gasteiger partial charge on any atom is -0.390 e. The van der Waals surface area contributed by atoms with E-state index >= 15 is 0 Å². The minimum atomic E-state index is -1.95. The number of hydrogen-bond donors (Lipinski definition) is 4. The van der Waals surface area contributed by atoms with Gasteiger partial charge in [0.2, 0.25) is 5.95 Å². The van der Waals surface area contributed by atoms with E-state index in [9.17, 15) is 28.4 Å². The Morgan fingerprint density at radius 3 is 2.75 bits per heavy atom. The molecule has 1 fully saturated rings. The first kappa shape index (κ1) is 20.6. The minimum absolute atomic E-state index is 0.0665. The third-order valence-corrected chi connectivity index (χ3v) is 5.47. The Hall–Kier alpha value is -2.09. The number of imidazole rings is 1. The SMILES string of the molecule is CCC(O)[C@H]1O[C@@H](n2c(=O)n(CCS(C)=O)c3c(=O)[nH]c(N)nc32)[C@H](O)[C@H]1F. The van der Waals surface area contributed by atoms with Crippen LogP contribution in [0.5, 0.6) is 0 Å². The Labute approximate surface area is 160 Å². The second-order valence-corrected chi connectivity index (χ2v) is 8.16. The molecule has 1 saturated heterocycles. The molecule has 156 valence electrons. The number of nitrogens with zero attached hydrogens (tertiary/aromatic N) is 3. The van der Waals surface area contributed by atoms with Gasteiger partial charge in [-0.2, -0.15) is 4.98 Å². The number of aromatic nitrogens is 4. The zero-order chi connectivity index (χ0) is 20.7. The van der Waals surface area contributed by atoms with Gasteiger partial charge in [-0.1, -0.05) is 6.92 Å². The van der Waals surface area contributed by atoms with Crippen LogP contribution in [0.1, 0.15) is 19.6 Å². The van der Waals surface area contributed by atoms with Crippen LogP contribution in [0.4, 0.5) is 10.3 Å². The van der Waals surface area contributed by atoms with E-state index in [1.54, 1.807) is 6.92 Å². The molecular formula is C15H22FN5O6S. The van der Waals surface area contributed by atoms with Crippen LogP contribution in [0, 0.1) is 0 Å². The molecule has 0 radical (unpaired) electrons. The van der Waals surface area contributed by atoms with Crippen LogP contribution in [0.15, 0.2) is 9.59 Å². The Kier molecular flexibility index (Phi) is 5.70. The number of alkyl halides is 1. The lowest BCUT2D eigenvalue weighted by atomic mass is 10.1. The van der Waals surface area contributed by atoms with Gasteiger partial charge in [0.15, 0.2) is 23.6 Å². The number of aliphatic hydroxyl groups is 2. The van der Waals surface area contributed by atoms with Crippen LogP contribution in [0.2, 0.25) is 0 Å². The number of nitrogen functional groups attached to an aromatic ring is 1. The molecule has 5 N–H and O–H groups in total. The van der Waals surface area contributed by atoms with E-state index in [2.05, 4.69) is 9.97 Å². The number of nitrogens with one attached hydrogen (secondary N) is 1. The second kappa shape index (κ2) is 7.73. The number of aromatic amines is 1. The third-order valence-electron chi connectivity index (χ3n) is 4.71. The van der Waals surface area contributed by atoms with Crippen molar-refractivity contribution in [2.24, 2.45) is 0 Å². The van der Waals surface area contributed by atoms with E-state index in [-0.39, 0.29) is 35.8 Å². The molecule has 28 heavy (non-hydrogen) atoms. The summed E-state index contributed by atoms with van der Waals surface area (Å²) in [4.78, 5) is 31.6. The zero-order valence-corrected chi connectivity index (χ0v) is 16.1. The number of nitrogens with two attached hydrogens (primary N) is 1. The average Bonchev–Trinajstić information content (AvgIpc) is 3.06. The lowest BCUT2D eigenvalue weighted by Gasteiger charge is -2.18. The maximum atomic E-state index is 14.5. The van der Waals surface area contributed by atoms with Crippen LogP contribution in [0.25, 0.3) is 11.2 Å². The van der Waals surface area contributed by atoms with Crippen LogP contribution in [-0.2, 0) is 22.1 Å². The maximum absolute atomic E-state index is 14.5. The smallest absolute Gasteiger partial charge is 0.332 e. The van der Waals surface area contributed by atoms with Crippen molar-refractivity contribution < 1.29 is 23.5 Å². The summed E-state index contributed by atoms with van der Waals surface area (Å²) < 4.78 is 33.3. The van der Waals surface area contributed by atoms with Crippen molar-refractivity contribution >= 4 is 27.9 Å². The van der Waals surface area contributed by atoms with Gasteiger partial charge in [0.1, 0.15) is 12.2 Å². The molecule has 0 bridgehead atoms. The molecule has 2 aromatic rings. The van der Waals surface area contributed by atoms with Gasteiger partial charge < -0.3 is 20.7 Å². The fourth-order valence-electron chi connectivity index (χ4n) is 3.27. The van der Waals surface area contributed by atoms with Crippen molar-refractivity contribution in [3.63, 3.8) is 0 Å². The summed E-state index contributed by atoms with van der Waals surface area (Å²) in [5, 5.41) is 20.2. The first-order chi connectivity index (χ1) is 13.2. The summed E-state index contributed by atoms with van der Waals surface area (Å²) in [5.41, 5.74) is 3.71. The lowest BCUT2D eigenvalue weighted by molar-refractivity contribution is -0.0799. The van der Waals surface area contributed by atoms with E-state index in [1.165, 1.54) is 6.26 Å². The van der Waals surface area contributed by atoms with Crippen molar-refractivity contribution in [1.29, 1.82) is 0 Å². The van der Waals surface area contributed by atoms with E-state index in [0.717, 1.165) is 9.13 Å². The highest BCUT2D eigenvalue weighted by Crippen LogP contribution is 2.34. The number of halogens is 1. The molecule has 0 aliphatic carbocycles. The zero-order valence-electron chi connectivity index (χ0n) is 15.2. The van der Waals surface area contributed by atoms with Crippen LogP contribution in [0.3, 0.4) is 0 Å². The van der Waals surface area contributed by atoms with Crippen molar-refractivity contribution in [2.45, 2.75) is 50.6 Å². The largest absolute Gasteiger partial charge is 0.390 e. The number of H-pyrrole nitrogens is 1. The molecule has 11 nitrogen and oxygen atoms in total. The summed E-state index contributed by atoms with van der Waals surface area (Å²) >= 11 is 0. The molecule has 13 heteroatoms. The molecule has 3 rings (SSSR count). The van der Waals surface area contributed by atoms with Gasteiger partial charge in [-0.3, -0.25) is 18.6 Å². The summed E-state index contributed by atoms with van der Waals surface area (Å²) in [6.07, 6.45) is -6.16. The Balaban J connectivity index is 2.18. The van der Waals surface area contributed by atoms with Gasteiger partial charge in [0, 0.05) is 29.4 Å². The summed E-state index contributed by atoms with van der Waals surface area (Å²) in [6, 6.07) is 0. The number of aliphatic hydroxyl groups excluding tert-OH is 2. The number of rotatable bonds is 6. The number of fused-ring (bicyclic) bond motifs is 1. The lowest BCUT2D eigenvalue weighted by Crippen LogP contribution is -2.36. The highest BCUT2D eigenvalue weighted by Gasteiger charge is 2.49. The maximum Gasteiger partial charge on any atom is 0.332 e. The molecule has 3 heterocycles. The molecule has 0 aromatic carbocycles. The molecule has 1 aliphatic rings. The second-order valence-electron chi connectivity index (χ2n) is 6.61. The number of anilines is 1. The molecule has 6 atom stereocenters. The quantitative estimate of drug-likeness (QED) is 0.426. The molecule has 0 spiro atoms. The first-order valence-electron chi connectivity index (χ1n) is 8.63. The average molecular weight is 419 g/mol. The monoisotopic (exact) mass is 419 g/mol. The summed E-state index contributed by atoms with van der Waals surface area (Å²) in [7, 11) is -1.25. The van der Waals surface area contributed by atoms with Crippen molar-refractivity contribution in [1.82, 2.24) is 19.1 Å². The number of aryl methyl sites for hydroxylation is 1. The predicted octanol–water partition coefficient (Wildman–Crippen LogP) is -1.79. The summed E-state index contributed by atoms with van der Waals surface area (Å²) in [6.45, 7) is 1.55. The van der Waals surface area contributed by atoms with Crippen LogP contribution in [-0.4, -0.2) is 70.0 Å². The van der Waals surface area contributed by atoms with E-state index in [0.29, 0.717) is 0 Å². The van der Waals surface area contributed by atoms with E-state index in [1.807, 2.05) is 0 Å². The number of hydrogen-bond acceptors (Lipinski definition) is 8. The van der Waals surface area contributed by atoms with E-state index < -0.39 is 52.8 Å². The van der Waals surface area contributed by atoms with Crippen LogP contribution < -0.4 is 17.0 Å². The predicted molar refractivity (Wildman–Crippen MR) is 99.1 cm³/mol. The fraction of sp³-hybridized carbons (Fsp3) is 0.667. The number of ether oxygens (including phenoxy) is 1. The molecule has 1 aliphatic heterocycles. The van der Waals surface area contributed by atoms with Crippen molar-refractivity contribution in [3.8, 4) is 0 Å². The molecule has 2 aromatic heterocycles. The first-order valence-corrected chi connectivity index (χ1v) is 10.4. The molecule has 0 amide bonds. The molecule has 2 unspecified atom stereocenters. The standard InChI is InChI=1S/C15H22FN5O6S/c1-3-6(22)10-7(16)9(23)13(27-10)21-11-8(12(24)19-14(17)18-11)20(15(21)25)4-5-28(2)26/h6-7,9-10,13,22-23H,3-5H2,1-2H3,(H3,17,18,19,24)/t6?,7-,9-,10-,13-,28?/m1/s1. The Morgan fingerprint density at radius 2 is 2.14 bits per heavy atom. The van der Waals surface area contributed by atoms with Gasteiger partial charge in [-0.15, -0.1) is 0 Å². The van der Waals surface area contributed by atoms with Crippen molar-refractivity contribution in [3.05, 3.63) is 20.8 Å². The van der Waals surface area contributed by atoms with Gasteiger partial charge in [0.25, 0.3) is 5.56 Å². The molecular weight excluding hydrogens is 397 g/mol. The Bertz CT molecular complexity index is 1020. The normalized spacial score (nSPS) is 27.3. The van der Waals surface area contributed by atoms with Gasteiger partial charge in [-0.05, 0) is 6.42 Å². The third kappa shape index (κ3) is 3.38. The highest BCUT2D eigenvalue weighted by molar-refractivity contribution is 7.84. The van der Waals surface area contributed by atoms with Gasteiger partial charge in [-0.25, -0.2) is 13.8 Å². The van der Waals surface area contributed by atoms with Crippen LogP contribution >= 0.6 is 0 Å². The van der Waals surface area contributed by atoms with Crippen molar-refractivity contribution in [2.75, 3.05) is 17.7 Å². The Morgan fingerprint density at radius 1 is 1.46 bits per heavy atom. The highest BCUT2D eigenvalue weighted by atomic mass is 32.2. The fourth-order valence-corrected chi connectivity index (χ4v) is 3.71. The van der Waals surface area contributed by atoms with Gasteiger partial charge in [0.05, 0.1) is 6.10 Å². The summed E-state index contributed by atoms with van der Waals surface area (Å²) in [5.74, 6) is -0.197.